The summed E-state index contributed by atoms with van der Waals surface area (Å²) in [5.41, 5.74) is 4.98. The average Bonchev–Trinajstić information content (AvgIpc) is 2.30. The van der Waals surface area contributed by atoms with Crippen LogP contribution in [0.4, 0.5) is 17.6 Å². The number of aliphatic hydroxyl groups is 1. The first kappa shape index (κ1) is 19.2. The topological polar surface area (TPSA) is 55.5 Å². The standard InChI is InChI=1S/C11H12ClF4NO2.ClH/c1-2-19-9-6(12)3-5(4-7(9)13)8(17)10(18)11(14,15)16;/h3-4,8,10,18H,2,17H2,1H3;1H/t8-,10-;/m1./s1. The monoisotopic (exact) mass is 337 g/mol. The summed E-state index contributed by atoms with van der Waals surface area (Å²) in [5.74, 6) is -1.20. The number of rotatable bonds is 4. The number of hydrogen-bond donors (Lipinski definition) is 2. The molecule has 0 aliphatic heterocycles. The van der Waals surface area contributed by atoms with Gasteiger partial charge in [0, 0.05) is 0 Å². The molecule has 0 aromatic heterocycles. The van der Waals surface area contributed by atoms with Crippen LogP contribution >= 0.6 is 24.0 Å². The quantitative estimate of drug-likeness (QED) is 0.829. The van der Waals surface area contributed by atoms with E-state index in [9.17, 15) is 17.6 Å². The van der Waals surface area contributed by atoms with Crippen LogP contribution < -0.4 is 10.5 Å². The molecule has 3 nitrogen and oxygen atoms in total. The summed E-state index contributed by atoms with van der Waals surface area (Å²) in [6.07, 6.45) is -7.71. The molecule has 0 bridgehead atoms. The molecule has 0 saturated carbocycles. The Bertz CT molecular complexity index is 434. The Labute approximate surface area is 124 Å². The summed E-state index contributed by atoms with van der Waals surface area (Å²) in [5, 5.41) is 8.81. The summed E-state index contributed by atoms with van der Waals surface area (Å²) >= 11 is 5.69. The fraction of sp³-hybridized carbons (Fsp3) is 0.455. The molecule has 0 heterocycles. The van der Waals surface area contributed by atoms with Crippen molar-refractivity contribution in [2.75, 3.05) is 6.61 Å². The molecule has 3 N–H and O–H groups in total. The van der Waals surface area contributed by atoms with Crippen LogP contribution in [0.1, 0.15) is 18.5 Å². The summed E-state index contributed by atoms with van der Waals surface area (Å²) in [7, 11) is 0. The number of halogens is 6. The van der Waals surface area contributed by atoms with Crippen LogP contribution in [0.25, 0.3) is 0 Å². The van der Waals surface area contributed by atoms with Gasteiger partial charge in [0.1, 0.15) is 0 Å². The largest absolute Gasteiger partial charge is 0.489 e. The lowest BCUT2D eigenvalue weighted by molar-refractivity contribution is -0.210. The molecule has 116 valence electrons. The van der Waals surface area contributed by atoms with Gasteiger partial charge in [-0.3, -0.25) is 0 Å². The van der Waals surface area contributed by atoms with Gasteiger partial charge in [0.25, 0.3) is 0 Å². The molecule has 0 unspecified atom stereocenters. The number of hydrogen-bond acceptors (Lipinski definition) is 3. The van der Waals surface area contributed by atoms with Crippen LogP contribution in [0.2, 0.25) is 5.02 Å². The molecule has 1 aromatic rings. The molecule has 1 aromatic carbocycles. The minimum Gasteiger partial charge on any atom is -0.489 e. The van der Waals surface area contributed by atoms with Gasteiger partial charge >= 0.3 is 6.18 Å². The zero-order chi connectivity index (χ0) is 14.8. The number of alkyl halides is 3. The maximum atomic E-state index is 13.6. The van der Waals surface area contributed by atoms with Crippen LogP contribution in [0, 0.1) is 5.82 Å². The molecule has 2 atom stereocenters. The smallest absolute Gasteiger partial charge is 0.416 e. The predicted octanol–water partition coefficient (Wildman–Crippen LogP) is 3.22. The van der Waals surface area contributed by atoms with Gasteiger partial charge in [-0.05, 0) is 24.6 Å². The number of aliphatic hydroxyl groups excluding tert-OH is 1. The second-order valence-electron chi connectivity index (χ2n) is 3.76. The number of nitrogens with two attached hydrogens (primary N) is 1. The molecular formula is C11H13Cl2F4NO2. The lowest BCUT2D eigenvalue weighted by Crippen LogP contribution is -2.38. The Morgan fingerprint density at radius 2 is 1.95 bits per heavy atom. The van der Waals surface area contributed by atoms with Gasteiger partial charge in [-0.15, -0.1) is 12.4 Å². The third-order valence-electron chi connectivity index (χ3n) is 2.37. The van der Waals surface area contributed by atoms with Crippen LogP contribution in [0.3, 0.4) is 0 Å². The van der Waals surface area contributed by atoms with Gasteiger partial charge in [-0.2, -0.15) is 13.2 Å². The van der Waals surface area contributed by atoms with Crippen LogP contribution in [0.15, 0.2) is 12.1 Å². The highest BCUT2D eigenvalue weighted by Gasteiger charge is 2.43. The van der Waals surface area contributed by atoms with Crippen LogP contribution in [-0.2, 0) is 0 Å². The van der Waals surface area contributed by atoms with E-state index in [0.717, 1.165) is 12.1 Å². The lowest BCUT2D eigenvalue weighted by atomic mass is 10.0. The lowest BCUT2D eigenvalue weighted by Gasteiger charge is -2.22. The first-order valence-corrected chi connectivity index (χ1v) is 5.68. The van der Waals surface area contributed by atoms with Gasteiger partial charge in [-0.1, -0.05) is 11.6 Å². The zero-order valence-corrected chi connectivity index (χ0v) is 11.8. The molecule has 0 amide bonds. The molecule has 0 fully saturated rings. The van der Waals surface area contributed by atoms with Crippen molar-refractivity contribution >= 4 is 24.0 Å². The summed E-state index contributed by atoms with van der Waals surface area (Å²) in [6.45, 7) is 1.75. The minimum atomic E-state index is -4.90. The van der Waals surface area contributed by atoms with Gasteiger partial charge < -0.3 is 15.6 Å². The molecule has 20 heavy (non-hydrogen) atoms. The van der Waals surface area contributed by atoms with Crippen molar-refractivity contribution in [3.63, 3.8) is 0 Å². The van der Waals surface area contributed by atoms with E-state index < -0.39 is 24.1 Å². The Morgan fingerprint density at radius 3 is 2.35 bits per heavy atom. The summed E-state index contributed by atoms with van der Waals surface area (Å²) in [6, 6.07) is -0.0335. The fourth-order valence-corrected chi connectivity index (χ4v) is 1.71. The predicted molar refractivity (Wildman–Crippen MR) is 68.8 cm³/mol. The molecular weight excluding hydrogens is 325 g/mol. The molecule has 9 heteroatoms. The van der Waals surface area contributed by atoms with E-state index in [1.54, 1.807) is 6.92 Å². The van der Waals surface area contributed by atoms with Crippen molar-refractivity contribution in [2.45, 2.75) is 25.2 Å². The third-order valence-corrected chi connectivity index (χ3v) is 2.65. The Morgan fingerprint density at radius 1 is 1.40 bits per heavy atom. The van der Waals surface area contributed by atoms with Crippen molar-refractivity contribution in [1.29, 1.82) is 0 Å². The maximum Gasteiger partial charge on any atom is 0.416 e. The highest BCUT2D eigenvalue weighted by Crippen LogP contribution is 2.34. The first-order valence-electron chi connectivity index (χ1n) is 5.30. The van der Waals surface area contributed by atoms with Crippen molar-refractivity contribution in [3.05, 3.63) is 28.5 Å². The van der Waals surface area contributed by atoms with Crippen LogP contribution in [-0.4, -0.2) is 24.0 Å². The van der Waals surface area contributed by atoms with E-state index >= 15 is 0 Å². The zero-order valence-electron chi connectivity index (χ0n) is 10.2. The molecule has 0 radical (unpaired) electrons. The van der Waals surface area contributed by atoms with Crippen LogP contribution in [0.5, 0.6) is 5.75 Å². The van der Waals surface area contributed by atoms with E-state index in [0.29, 0.717) is 0 Å². The first-order chi connectivity index (χ1) is 8.68. The Kier molecular flexibility index (Phi) is 7.03. The third kappa shape index (κ3) is 4.37. The van der Waals surface area contributed by atoms with Gasteiger partial charge in [0.05, 0.1) is 17.7 Å². The molecule has 0 aliphatic carbocycles. The van der Waals surface area contributed by atoms with E-state index in [1.807, 2.05) is 0 Å². The molecule has 0 saturated heterocycles. The van der Waals surface area contributed by atoms with Crippen molar-refractivity contribution in [1.82, 2.24) is 0 Å². The highest BCUT2D eigenvalue weighted by molar-refractivity contribution is 6.32. The Hall–Kier alpha value is -0.760. The van der Waals surface area contributed by atoms with E-state index in [4.69, 9.17) is 27.2 Å². The highest BCUT2D eigenvalue weighted by atomic mass is 35.5. The van der Waals surface area contributed by atoms with Crippen molar-refractivity contribution < 1.29 is 27.4 Å². The van der Waals surface area contributed by atoms with E-state index in [2.05, 4.69) is 0 Å². The second-order valence-corrected chi connectivity index (χ2v) is 4.17. The summed E-state index contributed by atoms with van der Waals surface area (Å²) in [4.78, 5) is 0. The normalized spacial score (nSPS) is 14.4. The number of benzene rings is 1. The maximum absolute atomic E-state index is 13.6. The van der Waals surface area contributed by atoms with Crippen molar-refractivity contribution in [3.8, 4) is 5.75 Å². The fourth-order valence-electron chi connectivity index (χ4n) is 1.44. The SMILES string of the molecule is CCOc1c(F)cc([C@@H](N)[C@@H](O)C(F)(F)F)cc1Cl.Cl. The average molecular weight is 338 g/mol. The molecule has 0 spiro atoms. The second kappa shape index (κ2) is 7.31. The van der Waals surface area contributed by atoms with Gasteiger partial charge in [-0.25, -0.2) is 4.39 Å². The van der Waals surface area contributed by atoms with Crippen molar-refractivity contribution in [2.24, 2.45) is 5.73 Å². The Balaban J connectivity index is 0.00000361. The minimum absolute atomic E-state index is 0. The molecule has 0 aliphatic rings. The summed E-state index contributed by atoms with van der Waals surface area (Å²) < 4.78 is 55.4. The van der Waals surface area contributed by atoms with E-state index in [1.165, 1.54) is 0 Å². The van der Waals surface area contributed by atoms with Gasteiger partial charge in [0.2, 0.25) is 0 Å². The molecule has 1 rings (SSSR count). The number of ether oxygens (including phenoxy) is 1. The van der Waals surface area contributed by atoms with E-state index in [-0.39, 0.29) is 35.3 Å². The van der Waals surface area contributed by atoms with Gasteiger partial charge in [0.15, 0.2) is 17.7 Å².